The van der Waals surface area contributed by atoms with Gasteiger partial charge in [0.05, 0.1) is 12.3 Å². The molecule has 5 heteroatoms. The summed E-state index contributed by atoms with van der Waals surface area (Å²) in [6, 6.07) is 7.72. The molecule has 5 nitrogen and oxygen atoms in total. The smallest absolute Gasteiger partial charge is 0.323 e. The van der Waals surface area contributed by atoms with Crippen molar-refractivity contribution in [1.82, 2.24) is 5.32 Å². The molecule has 1 saturated heterocycles. The number of esters is 1. The summed E-state index contributed by atoms with van der Waals surface area (Å²) in [5, 5.41) is 3.16. The molecular weight excluding hydrogens is 232 g/mol. The van der Waals surface area contributed by atoms with Crippen LogP contribution in [0.2, 0.25) is 0 Å². The third kappa shape index (κ3) is 1.85. The van der Waals surface area contributed by atoms with Gasteiger partial charge in [0.15, 0.2) is 0 Å². The highest BCUT2D eigenvalue weighted by Gasteiger charge is 2.42. The molecule has 2 aliphatic rings. The number of hydrogen-bond donors (Lipinski definition) is 2. The third-order valence-electron chi connectivity index (χ3n) is 3.45. The second-order valence-electron chi connectivity index (χ2n) is 4.54. The molecule has 0 radical (unpaired) electrons. The molecular formula is C13H16N2O3. The zero-order valence-corrected chi connectivity index (χ0v) is 10.2. The van der Waals surface area contributed by atoms with Gasteiger partial charge in [-0.15, -0.1) is 0 Å². The first-order valence-corrected chi connectivity index (χ1v) is 6.23. The van der Waals surface area contributed by atoms with E-state index in [0.29, 0.717) is 13.0 Å². The molecule has 96 valence electrons. The molecule has 3 atom stereocenters. The number of carbonyl (C=O) groups is 1. The quantitative estimate of drug-likeness (QED) is 0.774. The molecule has 0 aromatic heterocycles. The first-order valence-electron chi connectivity index (χ1n) is 6.23. The minimum atomic E-state index is -0.284. The molecule has 0 amide bonds. The highest BCUT2D eigenvalue weighted by atomic mass is 16.7. The minimum absolute atomic E-state index is 0.172. The second-order valence-corrected chi connectivity index (χ2v) is 4.54. The van der Waals surface area contributed by atoms with E-state index in [0.717, 1.165) is 5.69 Å². The maximum absolute atomic E-state index is 11.7. The normalized spacial score (nSPS) is 29.1. The number of carbonyl (C=O) groups excluding carboxylic acids is 1. The predicted octanol–water partition coefficient (Wildman–Crippen LogP) is 1.38. The van der Waals surface area contributed by atoms with Crippen LogP contribution in [-0.2, 0) is 14.4 Å². The van der Waals surface area contributed by atoms with E-state index in [-0.39, 0.29) is 24.2 Å². The average molecular weight is 248 g/mol. The minimum Gasteiger partial charge on any atom is -0.465 e. The largest absolute Gasteiger partial charge is 0.465 e. The molecule has 2 N–H and O–H groups in total. The maximum atomic E-state index is 11.7. The fourth-order valence-electron chi connectivity index (χ4n) is 2.61. The summed E-state index contributed by atoms with van der Waals surface area (Å²) in [4.78, 5) is 17.3. The molecule has 1 aromatic rings. The van der Waals surface area contributed by atoms with Crippen LogP contribution in [0.25, 0.3) is 0 Å². The zero-order chi connectivity index (χ0) is 12.5. The molecule has 18 heavy (non-hydrogen) atoms. The van der Waals surface area contributed by atoms with Crippen LogP contribution in [-0.4, -0.2) is 24.8 Å². The summed E-state index contributed by atoms with van der Waals surface area (Å²) in [5.74, 6) is -0.00941. The molecule has 1 fully saturated rings. The molecule has 0 saturated carbocycles. The first kappa shape index (κ1) is 11.5. The van der Waals surface area contributed by atoms with Gasteiger partial charge in [0.25, 0.3) is 0 Å². The van der Waals surface area contributed by atoms with E-state index in [2.05, 4.69) is 16.9 Å². The Morgan fingerprint density at radius 2 is 2.33 bits per heavy atom. The van der Waals surface area contributed by atoms with Gasteiger partial charge in [-0.1, -0.05) is 18.2 Å². The molecule has 1 aromatic carbocycles. The van der Waals surface area contributed by atoms with E-state index in [9.17, 15) is 4.79 Å². The van der Waals surface area contributed by atoms with Crippen molar-refractivity contribution in [3.05, 3.63) is 29.8 Å². The lowest BCUT2D eigenvalue weighted by Crippen LogP contribution is -2.40. The number of rotatable bonds is 2. The maximum Gasteiger partial charge on any atom is 0.323 e. The van der Waals surface area contributed by atoms with E-state index in [1.165, 1.54) is 5.56 Å². The molecule has 2 heterocycles. The van der Waals surface area contributed by atoms with E-state index in [1.807, 2.05) is 25.1 Å². The Morgan fingerprint density at radius 1 is 1.50 bits per heavy atom. The molecule has 0 spiro atoms. The molecule has 3 rings (SSSR count). The van der Waals surface area contributed by atoms with Gasteiger partial charge in [-0.3, -0.25) is 20.4 Å². The van der Waals surface area contributed by atoms with Crippen LogP contribution in [0.4, 0.5) is 5.69 Å². The Kier molecular flexibility index (Phi) is 2.93. The van der Waals surface area contributed by atoms with Crippen LogP contribution in [0.15, 0.2) is 24.3 Å². The van der Waals surface area contributed by atoms with Gasteiger partial charge >= 0.3 is 5.97 Å². The van der Waals surface area contributed by atoms with E-state index in [1.54, 1.807) is 0 Å². The lowest BCUT2D eigenvalue weighted by Gasteiger charge is -2.28. The van der Waals surface area contributed by atoms with Crippen molar-refractivity contribution < 1.29 is 14.4 Å². The number of fused-ring (bicyclic) bond motifs is 3. The van der Waals surface area contributed by atoms with Crippen molar-refractivity contribution in [2.75, 3.05) is 12.1 Å². The van der Waals surface area contributed by atoms with Gasteiger partial charge in [-0.25, -0.2) is 0 Å². The van der Waals surface area contributed by atoms with Crippen molar-refractivity contribution in [2.45, 2.75) is 31.5 Å². The van der Waals surface area contributed by atoms with Crippen LogP contribution in [0.1, 0.15) is 24.8 Å². The predicted molar refractivity (Wildman–Crippen MR) is 65.9 cm³/mol. The molecule has 2 aliphatic heterocycles. The van der Waals surface area contributed by atoms with Gasteiger partial charge in [-0.2, -0.15) is 0 Å². The summed E-state index contributed by atoms with van der Waals surface area (Å²) in [5.41, 5.74) is 5.08. The van der Waals surface area contributed by atoms with E-state index in [4.69, 9.17) is 9.57 Å². The average Bonchev–Trinajstić information content (AvgIpc) is 2.83. The lowest BCUT2D eigenvalue weighted by atomic mass is 9.93. The number of ether oxygens (including phenoxy) is 1. The Balaban J connectivity index is 1.80. The number of benzene rings is 1. The van der Waals surface area contributed by atoms with Gasteiger partial charge in [0.1, 0.15) is 12.3 Å². The lowest BCUT2D eigenvalue weighted by molar-refractivity contribution is -0.145. The molecule has 0 bridgehead atoms. The number of nitrogens with one attached hydrogen (secondary N) is 2. The van der Waals surface area contributed by atoms with Crippen molar-refractivity contribution in [2.24, 2.45) is 0 Å². The molecule has 3 unspecified atom stereocenters. The van der Waals surface area contributed by atoms with Crippen LogP contribution in [0, 0.1) is 0 Å². The van der Waals surface area contributed by atoms with Crippen LogP contribution >= 0.6 is 0 Å². The SMILES string of the molecule is CCOC(=O)C1CC2c3ccccc3NOC2N1. The summed E-state index contributed by atoms with van der Waals surface area (Å²) >= 11 is 0. The number of anilines is 1. The highest BCUT2D eigenvalue weighted by Crippen LogP contribution is 2.39. The Labute approximate surface area is 105 Å². The summed E-state index contributed by atoms with van der Waals surface area (Å²) in [6.45, 7) is 2.22. The van der Waals surface area contributed by atoms with Gasteiger partial charge < -0.3 is 4.74 Å². The number of hydrogen-bond acceptors (Lipinski definition) is 5. The van der Waals surface area contributed by atoms with Gasteiger partial charge in [0, 0.05) is 5.92 Å². The standard InChI is InChI=1S/C13H16N2O3/c1-2-17-13(16)11-7-9-8-5-3-4-6-10(8)15-18-12(9)14-11/h3-6,9,11-12,14-15H,2,7H2,1H3. The van der Waals surface area contributed by atoms with Crippen LogP contribution < -0.4 is 10.8 Å². The van der Waals surface area contributed by atoms with Gasteiger partial charge in [0.2, 0.25) is 0 Å². The fraction of sp³-hybridized carbons (Fsp3) is 0.462. The highest BCUT2D eigenvalue weighted by molar-refractivity contribution is 5.76. The Morgan fingerprint density at radius 3 is 3.17 bits per heavy atom. The van der Waals surface area contributed by atoms with Crippen molar-refractivity contribution in [3.8, 4) is 0 Å². The van der Waals surface area contributed by atoms with Crippen LogP contribution in [0.5, 0.6) is 0 Å². The topological polar surface area (TPSA) is 59.6 Å². The fourth-order valence-corrected chi connectivity index (χ4v) is 2.61. The summed E-state index contributed by atoms with van der Waals surface area (Å²) in [6.07, 6.45) is 0.539. The Bertz CT molecular complexity index is 463. The van der Waals surface area contributed by atoms with Crippen molar-refractivity contribution in [3.63, 3.8) is 0 Å². The monoisotopic (exact) mass is 248 g/mol. The van der Waals surface area contributed by atoms with E-state index < -0.39 is 0 Å². The first-order chi connectivity index (χ1) is 8.79. The van der Waals surface area contributed by atoms with E-state index >= 15 is 0 Å². The zero-order valence-electron chi connectivity index (χ0n) is 10.2. The third-order valence-corrected chi connectivity index (χ3v) is 3.45. The second kappa shape index (κ2) is 4.59. The number of para-hydroxylation sites is 1. The summed E-state index contributed by atoms with van der Waals surface area (Å²) < 4.78 is 5.04. The summed E-state index contributed by atoms with van der Waals surface area (Å²) in [7, 11) is 0. The van der Waals surface area contributed by atoms with Gasteiger partial charge in [-0.05, 0) is 25.0 Å². The van der Waals surface area contributed by atoms with Crippen molar-refractivity contribution >= 4 is 11.7 Å². The van der Waals surface area contributed by atoms with Crippen LogP contribution in [0.3, 0.4) is 0 Å². The van der Waals surface area contributed by atoms with Crippen molar-refractivity contribution in [1.29, 1.82) is 0 Å². The Hall–Kier alpha value is -1.59. The molecule has 0 aliphatic carbocycles.